The molecular formula is C13H21N3O. The molecule has 1 fully saturated rings. The minimum Gasteiger partial charge on any atom is -0.371 e. The summed E-state index contributed by atoms with van der Waals surface area (Å²) in [4.78, 5) is 8.43. The molecule has 1 aromatic heterocycles. The second kappa shape index (κ2) is 5.10. The van der Waals surface area contributed by atoms with Crippen molar-refractivity contribution in [3.05, 3.63) is 23.8 Å². The zero-order chi connectivity index (χ0) is 12.3. The van der Waals surface area contributed by atoms with Crippen molar-refractivity contribution in [2.75, 3.05) is 6.54 Å². The van der Waals surface area contributed by atoms with Gasteiger partial charge in [0, 0.05) is 19.3 Å². The molecule has 0 saturated carbocycles. The number of ether oxygens (including phenoxy) is 1. The molecule has 4 nitrogen and oxygen atoms in total. The molecule has 1 N–H and O–H groups in total. The van der Waals surface area contributed by atoms with E-state index in [1.165, 1.54) is 0 Å². The minimum absolute atomic E-state index is 0.0534. The van der Waals surface area contributed by atoms with Crippen molar-refractivity contribution in [1.29, 1.82) is 0 Å². The van der Waals surface area contributed by atoms with E-state index in [1.807, 2.05) is 13.0 Å². The maximum absolute atomic E-state index is 5.92. The lowest BCUT2D eigenvalue weighted by Gasteiger charge is -2.19. The first-order chi connectivity index (χ1) is 8.05. The highest BCUT2D eigenvalue weighted by Crippen LogP contribution is 2.28. The molecule has 0 bridgehead atoms. The Bertz CT molecular complexity index is 379. The number of rotatable bonds is 4. The van der Waals surface area contributed by atoms with E-state index in [9.17, 15) is 0 Å². The topological polar surface area (TPSA) is 47.0 Å². The third-order valence-electron chi connectivity index (χ3n) is 3.07. The Morgan fingerprint density at radius 3 is 3.00 bits per heavy atom. The zero-order valence-electron chi connectivity index (χ0n) is 10.9. The highest BCUT2D eigenvalue weighted by atomic mass is 16.5. The maximum atomic E-state index is 5.92. The Balaban J connectivity index is 1.73. The van der Waals surface area contributed by atoms with Crippen LogP contribution >= 0.6 is 0 Å². The number of nitrogens with zero attached hydrogens (tertiary/aromatic N) is 2. The lowest BCUT2D eigenvalue weighted by atomic mass is 10.1. The number of aromatic nitrogens is 2. The second-order valence-electron chi connectivity index (χ2n) is 5.26. The summed E-state index contributed by atoms with van der Waals surface area (Å²) in [5.41, 5.74) is 1.09. The van der Waals surface area contributed by atoms with E-state index in [0.29, 0.717) is 6.10 Å². The average molecular weight is 235 g/mol. The van der Waals surface area contributed by atoms with E-state index in [4.69, 9.17) is 4.74 Å². The molecule has 1 atom stereocenters. The van der Waals surface area contributed by atoms with Crippen LogP contribution in [0.4, 0.5) is 0 Å². The molecule has 2 rings (SSSR count). The molecule has 1 unspecified atom stereocenters. The molecule has 94 valence electrons. The standard InChI is InChI=1S/C13H21N3O/c1-10-15-7-5-11(16-10)8-14-9-12-4-6-13(2,3)17-12/h5,7,12,14H,4,6,8-9H2,1-3H3. The molecule has 17 heavy (non-hydrogen) atoms. The van der Waals surface area contributed by atoms with Gasteiger partial charge in [-0.15, -0.1) is 0 Å². The van der Waals surface area contributed by atoms with Crippen molar-refractivity contribution in [2.45, 2.75) is 51.9 Å². The lowest BCUT2D eigenvalue weighted by Crippen LogP contribution is -2.29. The van der Waals surface area contributed by atoms with Crippen LogP contribution in [0.1, 0.15) is 38.2 Å². The monoisotopic (exact) mass is 235 g/mol. The molecule has 1 saturated heterocycles. The smallest absolute Gasteiger partial charge is 0.125 e. The second-order valence-corrected chi connectivity index (χ2v) is 5.26. The first-order valence-corrected chi connectivity index (χ1v) is 6.22. The van der Waals surface area contributed by atoms with Crippen molar-refractivity contribution in [3.63, 3.8) is 0 Å². The Labute approximate surface area is 103 Å². The van der Waals surface area contributed by atoms with E-state index in [1.54, 1.807) is 6.20 Å². The Morgan fingerprint density at radius 2 is 2.35 bits per heavy atom. The summed E-state index contributed by atoms with van der Waals surface area (Å²) in [6.45, 7) is 7.89. The molecule has 1 aromatic rings. The molecule has 0 amide bonds. The third-order valence-corrected chi connectivity index (χ3v) is 3.07. The SMILES string of the molecule is Cc1nccc(CNCC2CCC(C)(C)O2)n1. The summed E-state index contributed by atoms with van der Waals surface area (Å²) < 4.78 is 5.92. The summed E-state index contributed by atoms with van der Waals surface area (Å²) in [6, 6.07) is 1.94. The third kappa shape index (κ3) is 3.75. The fourth-order valence-corrected chi connectivity index (χ4v) is 2.19. The fourth-order valence-electron chi connectivity index (χ4n) is 2.19. The van der Waals surface area contributed by atoms with Crippen LogP contribution in [0.3, 0.4) is 0 Å². The highest BCUT2D eigenvalue weighted by Gasteiger charge is 2.31. The van der Waals surface area contributed by atoms with Crippen LogP contribution in [0.25, 0.3) is 0 Å². The van der Waals surface area contributed by atoms with E-state index in [0.717, 1.165) is 37.4 Å². The van der Waals surface area contributed by atoms with Gasteiger partial charge >= 0.3 is 0 Å². The molecule has 0 radical (unpaired) electrons. The Morgan fingerprint density at radius 1 is 1.53 bits per heavy atom. The molecule has 0 aromatic carbocycles. The van der Waals surface area contributed by atoms with Crippen LogP contribution in [0.2, 0.25) is 0 Å². The summed E-state index contributed by atoms with van der Waals surface area (Å²) in [6.07, 6.45) is 4.43. The number of hydrogen-bond acceptors (Lipinski definition) is 4. The van der Waals surface area contributed by atoms with Gasteiger partial charge in [0.15, 0.2) is 0 Å². The van der Waals surface area contributed by atoms with Crippen molar-refractivity contribution < 1.29 is 4.74 Å². The minimum atomic E-state index is 0.0534. The first-order valence-electron chi connectivity index (χ1n) is 6.22. The molecule has 1 aliphatic heterocycles. The van der Waals surface area contributed by atoms with Crippen LogP contribution in [0.15, 0.2) is 12.3 Å². The first kappa shape index (κ1) is 12.5. The predicted octanol–water partition coefficient (Wildman–Crippen LogP) is 1.83. The van der Waals surface area contributed by atoms with Crippen LogP contribution in [-0.4, -0.2) is 28.2 Å². The molecule has 0 spiro atoms. The van der Waals surface area contributed by atoms with Gasteiger partial charge in [-0.1, -0.05) is 0 Å². The lowest BCUT2D eigenvalue weighted by molar-refractivity contribution is -0.0143. The van der Waals surface area contributed by atoms with Crippen LogP contribution in [-0.2, 0) is 11.3 Å². The van der Waals surface area contributed by atoms with Gasteiger partial charge in [-0.3, -0.25) is 0 Å². The predicted molar refractivity (Wildman–Crippen MR) is 66.7 cm³/mol. The molecule has 4 heteroatoms. The van der Waals surface area contributed by atoms with Gasteiger partial charge in [0.2, 0.25) is 0 Å². The fraction of sp³-hybridized carbons (Fsp3) is 0.692. The van der Waals surface area contributed by atoms with Crippen LogP contribution < -0.4 is 5.32 Å². The quantitative estimate of drug-likeness (QED) is 0.865. The number of hydrogen-bond donors (Lipinski definition) is 1. The van der Waals surface area contributed by atoms with Gasteiger partial charge in [0.25, 0.3) is 0 Å². The average Bonchev–Trinajstić information content (AvgIpc) is 2.58. The summed E-state index contributed by atoms with van der Waals surface area (Å²) in [5.74, 6) is 0.822. The van der Waals surface area contributed by atoms with Gasteiger partial charge in [0.05, 0.1) is 17.4 Å². The number of aryl methyl sites for hydroxylation is 1. The van der Waals surface area contributed by atoms with E-state index in [2.05, 4.69) is 29.1 Å². The van der Waals surface area contributed by atoms with Gasteiger partial charge in [-0.25, -0.2) is 9.97 Å². The Kier molecular flexibility index (Phi) is 3.74. The summed E-state index contributed by atoms with van der Waals surface area (Å²) in [7, 11) is 0. The molecule has 2 heterocycles. The van der Waals surface area contributed by atoms with E-state index < -0.39 is 0 Å². The van der Waals surface area contributed by atoms with Gasteiger partial charge in [-0.2, -0.15) is 0 Å². The van der Waals surface area contributed by atoms with Gasteiger partial charge in [-0.05, 0) is 39.7 Å². The number of nitrogens with one attached hydrogen (secondary N) is 1. The van der Waals surface area contributed by atoms with E-state index >= 15 is 0 Å². The van der Waals surface area contributed by atoms with Crippen LogP contribution in [0.5, 0.6) is 0 Å². The summed E-state index contributed by atoms with van der Waals surface area (Å²) in [5, 5.41) is 3.39. The van der Waals surface area contributed by atoms with Crippen molar-refractivity contribution in [1.82, 2.24) is 15.3 Å². The largest absolute Gasteiger partial charge is 0.371 e. The summed E-state index contributed by atoms with van der Waals surface area (Å²) >= 11 is 0. The van der Waals surface area contributed by atoms with Crippen molar-refractivity contribution in [2.24, 2.45) is 0 Å². The van der Waals surface area contributed by atoms with Crippen molar-refractivity contribution in [3.8, 4) is 0 Å². The molecule has 1 aliphatic rings. The maximum Gasteiger partial charge on any atom is 0.125 e. The Hall–Kier alpha value is -1.00. The zero-order valence-corrected chi connectivity index (χ0v) is 10.9. The molecule has 0 aliphatic carbocycles. The van der Waals surface area contributed by atoms with Crippen molar-refractivity contribution >= 4 is 0 Å². The van der Waals surface area contributed by atoms with Gasteiger partial charge < -0.3 is 10.1 Å². The normalized spacial score (nSPS) is 22.9. The highest BCUT2D eigenvalue weighted by molar-refractivity contribution is 5.01. The van der Waals surface area contributed by atoms with E-state index in [-0.39, 0.29) is 5.60 Å². The van der Waals surface area contributed by atoms with Crippen LogP contribution in [0, 0.1) is 6.92 Å². The van der Waals surface area contributed by atoms with Gasteiger partial charge in [0.1, 0.15) is 5.82 Å². The molecular weight excluding hydrogens is 214 g/mol.